The Kier molecular flexibility index (Phi) is 7.16. The third-order valence-electron chi connectivity index (χ3n) is 1.65. The molecule has 1 heteroatoms. The lowest BCUT2D eigenvalue weighted by Gasteiger charge is -2.10. The molecule has 0 fully saturated rings. The Balaban J connectivity index is 3.14. The van der Waals surface area contributed by atoms with Gasteiger partial charge in [-0.2, -0.15) is 0 Å². The maximum atomic E-state index is 3.69. The molecule has 0 radical (unpaired) electrons. The zero-order valence-corrected chi connectivity index (χ0v) is 7.47. The molecule has 0 rings (SSSR count). The van der Waals surface area contributed by atoms with Gasteiger partial charge in [-0.1, -0.05) is 12.2 Å². The predicted molar refractivity (Wildman–Crippen MR) is 51.7 cm³/mol. The summed E-state index contributed by atoms with van der Waals surface area (Å²) in [6.07, 6.45) is 7.24. The molecule has 64 valence electrons. The molecule has 0 aromatic carbocycles. The zero-order chi connectivity index (χ0) is 8.53. The van der Waals surface area contributed by atoms with Gasteiger partial charge in [0.05, 0.1) is 0 Å². The van der Waals surface area contributed by atoms with Gasteiger partial charge in [-0.15, -0.1) is 13.2 Å². The molecule has 0 aromatic heterocycles. The van der Waals surface area contributed by atoms with Crippen LogP contribution in [0.2, 0.25) is 0 Å². The molecule has 0 aliphatic rings. The number of nitrogens with one attached hydrogen (secondary N) is 1. The van der Waals surface area contributed by atoms with Crippen molar-refractivity contribution in [3.8, 4) is 0 Å². The van der Waals surface area contributed by atoms with Gasteiger partial charge in [0.25, 0.3) is 0 Å². The van der Waals surface area contributed by atoms with Crippen molar-refractivity contribution in [2.24, 2.45) is 0 Å². The van der Waals surface area contributed by atoms with Crippen molar-refractivity contribution < 1.29 is 0 Å². The largest absolute Gasteiger partial charge is 0.314 e. The molecular formula is C10H19N. The second-order valence-corrected chi connectivity index (χ2v) is 2.80. The fraction of sp³-hybridized carbons (Fsp3) is 0.600. The van der Waals surface area contributed by atoms with Crippen molar-refractivity contribution in [3.05, 3.63) is 25.3 Å². The fourth-order valence-electron chi connectivity index (χ4n) is 0.902. The van der Waals surface area contributed by atoms with Crippen LogP contribution < -0.4 is 5.32 Å². The van der Waals surface area contributed by atoms with Crippen LogP contribution in [0.4, 0.5) is 0 Å². The molecule has 0 heterocycles. The molecule has 0 aromatic rings. The highest BCUT2D eigenvalue weighted by molar-refractivity contribution is 4.73. The Morgan fingerprint density at radius 3 is 2.45 bits per heavy atom. The van der Waals surface area contributed by atoms with Gasteiger partial charge >= 0.3 is 0 Å². The van der Waals surface area contributed by atoms with Crippen LogP contribution in [0.15, 0.2) is 25.3 Å². The first kappa shape index (κ1) is 10.4. The molecule has 0 saturated heterocycles. The van der Waals surface area contributed by atoms with E-state index in [1.165, 1.54) is 6.42 Å². The monoisotopic (exact) mass is 153 g/mol. The van der Waals surface area contributed by atoms with E-state index < -0.39 is 0 Å². The van der Waals surface area contributed by atoms with Crippen molar-refractivity contribution in [1.82, 2.24) is 5.32 Å². The summed E-state index contributed by atoms with van der Waals surface area (Å²) in [5, 5.41) is 3.40. The molecule has 0 spiro atoms. The molecular weight excluding hydrogens is 134 g/mol. The highest BCUT2D eigenvalue weighted by atomic mass is 14.9. The third-order valence-corrected chi connectivity index (χ3v) is 1.65. The highest BCUT2D eigenvalue weighted by Crippen LogP contribution is 1.96. The number of hydrogen-bond donors (Lipinski definition) is 1. The van der Waals surface area contributed by atoms with Crippen LogP contribution in [0.25, 0.3) is 0 Å². The van der Waals surface area contributed by atoms with Crippen LogP contribution in [0, 0.1) is 0 Å². The molecule has 1 nitrogen and oxygen atoms in total. The van der Waals surface area contributed by atoms with Crippen molar-refractivity contribution >= 4 is 0 Å². The fourth-order valence-corrected chi connectivity index (χ4v) is 0.902. The van der Waals surface area contributed by atoms with Gasteiger partial charge in [0, 0.05) is 6.04 Å². The highest BCUT2D eigenvalue weighted by Gasteiger charge is 1.96. The second-order valence-electron chi connectivity index (χ2n) is 2.80. The van der Waals surface area contributed by atoms with Crippen LogP contribution >= 0.6 is 0 Å². The Morgan fingerprint density at radius 1 is 1.27 bits per heavy atom. The Morgan fingerprint density at radius 2 is 1.91 bits per heavy atom. The molecule has 11 heavy (non-hydrogen) atoms. The van der Waals surface area contributed by atoms with Gasteiger partial charge in [-0.25, -0.2) is 0 Å². The van der Waals surface area contributed by atoms with Gasteiger partial charge in [-0.05, 0) is 32.7 Å². The molecule has 1 unspecified atom stereocenters. The van der Waals surface area contributed by atoms with E-state index in [0.717, 1.165) is 19.4 Å². The molecule has 1 N–H and O–H groups in total. The van der Waals surface area contributed by atoms with E-state index in [1.54, 1.807) is 0 Å². The summed E-state index contributed by atoms with van der Waals surface area (Å²) in [5.41, 5.74) is 0. The molecule has 0 amide bonds. The van der Waals surface area contributed by atoms with E-state index >= 15 is 0 Å². The minimum absolute atomic E-state index is 0.605. The summed E-state index contributed by atoms with van der Waals surface area (Å²) >= 11 is 0. The first-order valence-corrected chi connectivity index (χ1v) is 4.26. The smallest absolute Gasteiger partial charge is 0.00417 e. The van der Waals surface area contributed by atoms with Crippen molar-refractivity contribution in [2.45, 2.75) is 32.2 Å². The van der Waals surface area contributed by atoms with Gasteiger partial charge in [0.15, 0.2) is 0 Å². The Bertz CT molecular complexity index is 107. The summed E-state index contributed by atoms with van der Waals surface area (Å²) in [5.74, 6) is 0. The minimum Gasteiger partial charge on any atom is -0.314 e. The van der Waals surface area contributed by atoms with Crippen molar-refractivity contribution in [1.29, 1.82) is 0 Å². The predicted octanol–water partition coefficient (Wildman–Crippen LogP) is 2.51. The van der Waals surface area contributed by atoms with Crippen LogP contribution in [-0.2, 0) is 0 Å². The standard InChI is InChI=1S/C10H19N/c1-4-6-8-10(3)11-9-7-5-2/h4-5,10-11H,1-2,6-9H2,3H3. The quantitative estimate of drug-likeness (QED) is 0.438. The van der Waals surface area contributed by atoms with Crippen LogP contribution in [-0.4, -0.2) is 12.6 Å². The maximum Gasteiger partial charge on any atom is 0.00417 e. The maximum absolute atomic E-state index is 3.69. The van der Waals surface area contributed by atoms with Crippen LogP contribution in [0.5, 0.6) is 0 Å². The van der Waals surface area contributed by atoms with E-state index in [-0.39, 0.29) is 0 Å². The van der Waals surface area contributed by atoms with E-state index in [0.29, 0.717) is 6.04 Å². The van der Waals surface area contributed by atoms with Gasteiger partial charge in [0.2, 0.25) is 0 Å². The summed E-state index contributed by atoms with van der Waals surface area (Å²) in [6.45, 7) is 10.6. The SMILES string of the molecule is C=CCCNC(C)CCC=C. The first-order valence-electron chi connectivity index (χ1n) is 4.26. The second kappa shape index (κ2) is 7.55. The first-order chi connectivity index (χ1) is 5.31. The lowest BCUT2D eigenvalue weighted by molar-refractivity contribution is 0.524. The van der Waals surface area contributed by atoms with Gasteiger partial charge in [0.1, 0.15) is 0 Å². The molecule has 0 aliphatic carbocycles. The number of hydrogen-bond acceptors (Lipinski definition) is 1. The summed E-state index contributed by atoms with van der Waals surface area (Å²) in [6, 6.07) is 0.605. The summed E-state index contributed by atoms with van der Waals surface area (Å²) in [7, 11) is 0. The lowest BCUT2D eigenvalue weighted by atomic mass is 10.2. The van der Waals surface area contributed by atoms with Crippen LogP contribution in [0.1, 0.15) is 26.2 Å². The lowest BCUT2D eigenvalue weighted by Crippen LogP contribution is -2.26. The summed E-state index contributed by atoms with van der Waals surface area (Å²) < 4.78 is 0. The average Bonchev–Trinajstić information content (AvgIpc) is 2.01. The van der Waals surface area contributed by atoms with Crippen LogP contribution in [0.3, 0.4) is 0 Å². The number of allylic oxidation sites excluding steroid dienone is 1. The Hall–Kier alpha value is -0.560. The van der Waals surface area contributed by atoms with Crippen molar-refractivity contribution in [3.63, 3.8) is 0 Å². The van der Waals surface area contributed by atoms with E-state index in [9.17, 15) is 0 Å². The topological polar surface area (TPSA) is 12.0 Å². The average molecular weight is 153 g/mol. The van der Waals surface area contributed by atoms with Crippen molar-refractivity contribution in [2.75, 3.05) is 6.54 Å². The molecule has 1 atom stereocenters. The van der Waals surface area contributed by atoms with E-state index in [2.05, 4.69) is 25.4 Å². The van der Waals surface area contributed by atoms with E-state index in [1.807, 2.05) is 12.2 Å². The normalized spacial score (nSPS) is 12.5. The minimum atomic E-state index is 0.605. The molecule has 0 aliphatic heterocycles. The zero-order valence-electron chi connectivity index (χ0n) is 7.47. The summed E-state index contributed by atoms with van der Waals surface area (Å²) in [4.78, 5) is 0. The van der Waals surface area contributed by atoms with Gasteiger partial charge in [-0.3, -0.25) is 0 Å². The molecule has 0 bridgehead atoms. The Labute approximate surface area is 70.2 Å². The van der Waals surface area contributed by atoms with E-state index in [4.69, 9.17) is 0 Å². The molecule has 0 saturated carbocycles. The van der Waals surface area contributed by atoms with Gasteiger partial charge < -0.3 is 5.32 Å². The third kappa shape index (κ3) is 7.34. The number of rotatable bonds is 7.